The summed E-state index contributed by atoms with van der Waals surface area (Å²) in [4.78, 5) is 22.2. The first kappa shape index (κ1) is 10.0. The molecule has 1 aliphatic rings. The molecule has 74 valence electrons. The highest BCUT2D eigenvalue weighted by Gasteiger charge is 2.58. The largest absolute Gasteiger partial charge is 0.447 e. The van der Waals surface area contributed by atoms with Crippen LogP contribution in [-0.4, -0.2) is 24.0 Å². The molecule has 0 saturated carbocycles. The number of rotatable bonds is 1. The van der Waals surface area contributed by atoms with Crippen LogP contribution in [0.2, 0.25) is 0 Å². The molecule has 0 bridgehead atoms. The van der Waals surface area contributed by atoms with Crippen molar-refractivity contribution < 1.29 is 14.3 Å². The quantitative estimate of drug-likeness (QED) is 0.477. The number of ether oxygens (including phenoxy) is 1. The zero-order valence-corrected chi connectivity index (χ0v) is 8.43. The Morgan fingerprint density at radius 1 is 1.54 bits per heavy atom. The highest BCUT2D eigenvalue weighted by molar-refractivity contribution is 5.94. The summed E-state index contributed by atoms with van der Waals surface area (Å²) < 4.78 is 5.10. The average molecular weight is 185 g/mol. The van der Waals surface area contributed by atoms with Crippen LogP contribution < -0.4 is 5.32 Å². The van der Waals surface area contributed by atoms with E-state index in [1.165, 1.54) is 6.92 Å². The number of nitrogens with one attached hydrogen (secondary N) is 1. The first-order chi connectivity index (χ1) is 5.79. The highest BCUT2D eigenvalue weighted by atomic mass is 16.6. The van der Waals surface area contributed by atoms with E-state index >= 15 is 0 Å². The minimum absolute atomic E-state index is 0.199. The van der Waals surface area contributed by atoms with Crippen molar-refractivity contribution in [2.45, 2.75) is 33.3 Å². The molecule has 1 saturated heterocycles. The monoisotopic (exact) mass is 185 g/mol. The Labute approximate surface area is 77.6 Å². The fraction of sp³-hybridized carbons (Fsp3) is 0.778. The van der Waals surface area contributed by atoms with Gasteiger partial charge >= 0.3 is 5.97 Å². The van der Waals surface area contributed by atoms with Crippen LogP contribution in [0.15, 0.2) is 0 Å². The van der Waals surface area contributed by atoms with Gasteiger partial charge in [0.15, 0.2) is 0 Å². The predicted molar refractivity (Wildman–Crippen MR) is 47.0 cm³/mol. The Morgan fingerprint density at radius 3 is 2.15 bits per heavy atom. The molecule has 0 aromatic carbocycles. The van der Waals surface area contributed by atoms with Gasteiger partial charge in [0.1, 0.15) is 0 Å². The van der Waals surface area contributed by atoms with Crippen molar-refractivity contribution in [2.24, 2.45) is 5.41 Å². The van der Waals surface area contributed by atoms with Crippen LogP contribution in [0.25, 0.3) is 0 Å². The molecule has 0 spiro atoms. The van der Waals surface area contributed by atoms with Crippen LogP contribution in [0.4, 0.5) is 0 Å². The molecule has 0 aliphatic carbocycles. The molecule has 1 N–H and O–H groups in total. The van der Waals surface area contributed by atoms with Crippen molar-refractivity contribution in [1.82, 2.24) is 5.32 Å². The summed E-state index contributed by atoms with van der Waals surface area (Å²) in [6, 6.07) is 0. The number of β-lactam (4-membered cyclic amide) rings is 1. The second-order valence-corrected chi connectivity index (χ2v) is 4.35. The Morgan fingerprint density at radius 2 is 2.08 bits per heavy atom. The zero-order valence-electron chi connectivity index (χ0n) is 8.43. The van der Waals surface area contributed by atoms with Crippen molar-refractivity contribution in [3.8, 4) is 0 Å². The van der Waals surface area contributed by atoms with Crippen LogP contribution >= 0.6 is 0 Å². The number of hydrogen-bond acceptors (Lipinski definition) is 3. The predicted octanol–water partition coefficient (Wildman–Crippen LogP) is 0.464. The third kappa shape index (κ3) is 1.41. The second kappa shape index (κ2) is 2.72. The van der Waals surface area contributed by atoms with Gasteiger partial charge in [0.05, 0.1) is 6.54 Å². The fourth-order valence-corrected chi connectivity index (χ4v) is 1.41. The molecule has 4 heteroatoms. The van der Waals surface area contributed by atoms with Gasteiger partial charge in [0.2, 0.25) is 5.60 Å². The maximum Gasteiger partial charge on any atom is 0.303 e. The summed E-state index contributed by atoms with van der Waals surface area (Å²) in [5.41, 5.74) is -1.32. The van der Waals surface area contributed by atoms with E-state index in [1.54, 1.807) is 0 Å². The maximum absolute atomic E-state index is 11.3. The van der Waals surface area contributed by atoms with Gasteiger partial charge < -0.3 is 10.1 Å². The molecular formula is C9H15NO3. The molecule has 13 heavy (non-hydrogen) atoms. The molecule has 1 aliphatic heterocycles. The van der Waals surface area contributed by atoms with Gasteiger partial charge in [-0.05, 0) is 0 Å². The van der Waals surface area contributed by atoms with E-state index in [4.69, 9.17) is 4.74 Å². The summed E-state index contributed by atoms with van der Waals surface area (Å²) in [5.74, 6) is -0.611. The Hall–Kier alpha value is -1.06. The lowest BCUT2D eigenvalue weighted by Crippen LogP contribution is -2.72. The second-order valence-electron chi connectivity index (χ2n) is 4.35. The number of amides is 1. The summed E-state index contributed by atoms with van der Waals surface area (Å²) in [6.45, 7) is 7.38. The molecule has 1 fully saturated rings. The maximum atomic E-state index is 11.3. The van der Waals surface area contributed by atoms with E-state index < -0.39 is 11.6 Å². The van der Waals surface area contributed by atoms with Gasteiger partial charge in [-0.15, -0.1) is 0 Å². The van der Waals surface area contributed by atoms with Gasteiger partial charge in [-0.1, -0.05) is 20.8 Å². The van der Waals surface area contributed by atoms with Crippen LogP contribution in [0.3, 0.4) is 0 Å². The summed E-state index contributed by atoms with van der Waals surface area (Å²) in [5, 5.41) is 2.60. The van der Waals surface area contributed by atoms with Crippen LogP contribution in [0.5, 0.6) is 0 Å². The molecule has 0 radical (unpaired) electrons. The van der Waals surface area contributed by atoms with Crippen LogP contribution in [0, 0.1) is 5.41 Å². The average Bonchev–Trinajstić information content (AvgIpc) is 1.94. The zero-order chi connectivity index (χ0) is 10.3. The van der Waals surface area contributed by atoms with Gasteiger partial charge in [-0.2, -0.15) is 0 Å². The van der Waals surface area contributed by atoms with E-state index in [2.05, 4.69) is 5.32 Å². The van der Waals surface area contributed by atoms with Gasteiger partial charge in [0, 0.05) is 12.3 Å². The highest BCUT2D eigenvalue weighted by Crippen LogP contribution is 2.37. The number of esters is 1. The first-order valence-corrected chi connectivity index (χ1v) is 4.27. The molecule has 4 nitrogen and oxygen atoms in total. The van der Waals surface area contributed by atoms with Crippen molar-refractivity contribution >= 4 is 11.9 Å². The number of carbonyl (C=O) groups is 2. The first-order valence-electron chi connectivity index (χ1n) is 4.27. The van der Waals surface area contributed by atoms with E-state index in [1.807, 2.05) is 20.8 Å². The molecule has 1 heterocycles. The standard InChI is InChI=1S/C9H15NO3/c1-6(11)13-9(8(2,3)4)5-10-7(9)12/h5H2,1-4H3,(H,10,12). The third-order valence-corrected chi connectivity index (χ3v) is 2.39. The van der Waals surface area contributed by atoms with E-state index in [-0.39, 0.29) is 11.3 Å². The molecule has 0 aromatic heterocycles. The molecular weight excluding hydrogens is 170 g/mol. The van der Waals surface area contributed by atoms with Crippen molar-refractivity contribution in [1.29, 1.82) is 0 Å². The lowest BCUT2D eigenvalue weighted by molar-refractivity contribution is -0.191. The molecule has 1 amide bonds. The third-order valence-electron chi connectivity index (χ3n) is 2.39. The van der Waals surface area contributed by atoms with Crippen molar-refractivity contribution in [3.05, 3.63) is 0 Å². The van der Waals surface area contributed by atoms with E-state index in [9.17, 15) is 9.59 Å². The van der Waals surface area contributed by atoms with E-state index in [0.717, 1.165) is 0 Å². The Bertz CT molecular complexity index is 254. The Kier molecular flexibility index (Phi) is 2.10. The number of carbonyl (C=O) groups excluding carboxylic acids is 2. The lowest BCUT2D eigenvalue weighted by atomic mass is 9.71. The van der Waals surface area contributed by atoms with Crippen LogP contribution in [-0.2, 0) is 14.3 Å². The Balaban J connectivity index is 2.90. The SMILES string of the molecule is CC(=O)OC1(C(C)(C)C)CNC1=O. The van der Waals surface area contributed by atoms with Gasteiger partial charge in [-0.25, -0.2) is 0 Å². The van der Waals surface area contributed by atoms with Gasteiger partial charge in [-0.3, -0.25) is 9.59 Å². The van der Waals surface area contributed by atoms with E-state index in [0.29, 0.717) is 6.54 Å². The minimum Gasteiger partial charge on any atom is -0.447 e. The topological polar surface area (TPSA) is 55.4 Å². The summed E-state index contributed by atoms with van der Waals surface area (Å²) >= 11 is 0. The smallest absolute Gasteiger partial charge is 0.303 e. The van der Waals surface area contributed by atoms with Crippen molar-refractivity contribution in [2.75, 3.05) is 6.54 Å². The molecule has 0 aromatic rings. The fourth-order valence-electron chi connectivity index (χ4n) is 1.41. The molecule has 1 atom stereocenters. The normalized spacial score (nSPS) is 27.5. The lowest BCUT2D eigenvalue weighted by Gasteiger charge is -2.48. The van der Waals surface area contributed by atoms with Gasteiger partial charge in [0.25, 0.3) is 5.91 Å². The minimum atomic E-state index is -0.959. The molecule has 1 rings (SSSR count). The number of hydrogen-bond donors (Lipinski definition) is 1. The van der Waals surface area contributed by atoms with Crippen molar-refractivity contribution in [3.63, 3.8) is 0 Å². The summed E-state index contributed by atoms with van der Waals surface area (Å²) in [6.07, 6.45) is 0. The molecule has 1 unspecified atom stereocenters. The summed E-state index contributed by atoms with van der Waals surface area (Å²) in [7, 11) is 0. The van der Waals surface area contributed by atoms with Crippen LogP contribution in [0.1, 0.15) is 27.7 Å².